The van der Waals surface area contributed by atoms with Crippen LogP contribution in [0, 0.1) is 0 Å². The summed E-state index contributed by atoms with van der Waals surface area (Å²) in [5.74, 6) is 1.27. The van der Waals surface area contributed by atoms with Crippen molar-refractivity contribution in [1.82, 2.24) is 4.90 Å². The van der Waals surface area contributed by atoms with E-state index in [1.54, 1.807) is 68.5 Å². The molecule has 1 atom stereocenters. The third-order valence-electron chi connectivity index (χ3n) is 4.83. The molecule has 0 saturated carbocycles. The van der Waals surface area contributed by atoms with Crippen LogP contribution in [0.4, 0.5) is 5.69 Å². The van der Waals surface area contributed by atoms with Gasteiger partial charge in [-0.1, -0.05) is 11.6 Å². The van der Waals surface area contributed by atoms with Gasteiger partial charge in [0.1, 0.15) is 11.8 Å². The number of anilines is 1. The number of carbonyl (C=O) groups is 2. The highest BCUT2D eigenvalue weighted by atomic mass is 35.5. The standard InChI is InChI=1S/C21H23ClN2O5/c1-14-21(26)24(16-6-9-18(27-2)19(12-16)28-3)11-10-23(14)20(25)13-29-17-7-4-15(22)5-8-17/h4-9,12,14H,10-11,13H2,1-3H3/t14-/m1/s1. The maximum absolute atomic E-state index is 12.9. The summed E-state index contributed by atoms with van der Waals surface area (Å²) in [5, 5.41) is 0.592. The number of hydrogen-bond acceptors (Lipinski definition) is 5. The lowest BCUT2D eigenvalue weighted by atomic mass is 10.1. The van der Waals surface area contributed by atoms with E-state index in [1.807, 2.05) is 0 Å². The molecule has 0 aliphatic carbocycles. The first-order chi connectivity index (χ1) is 13.9. The topological polar surface area (TPSA) is 68.3 Å². The van der Waals surface area contributed by atoms with Crippen molar-refractivity contribution in [2.75, 3.05) is 38.8 Å². The summed E-state index contributed by atoms with van der Waals surface area (Å²) >= 11 is 5.84. The zero-order valence-corrected chi connectivity index (χ0v) is 17.3. The molecule has 0 N–H and O–H groups in total. The Balaban J connectivity index is 1.65. The molecule has 0 radical (unpaired) electrons. The molecule has 1 aliphatic heterocycles. The van der Waals surface area contributed by atoms with Gasteiger partial charge in [0.25, 0.3) is 5.91 Å². The number of ether oxygens (including phenoxy) is 3. The van der Waals surface area contributed by atoms with Crippen molar-refractivity contribution in [1.29, 1.82) is 0 Å². The summed E-state index contributed by atoms with van der Waals surface area (Å²) in [6.07, 6.45) is 0. The maximum atomic E-state index is 12.9. The quantitative estimate of drug-likeness (QED) is 0.721. The first-order valence-electron chi connectivity index (χ1n) is 9.16. The number of rotatable bonds is 6. The van der Waals surface area contributed by atoms with E-state index in [9.17, 15) is 9.59 Å². The van der Waals surface area contributed by atoms with E-state index in [0.717, 1.165) is 0 Å². The monoisotopic (exact) mass is 418 g/mol. The molecule has 2 aromatic carbocycles. The molecule has 8 heteroatoms. The van der Waals surface area contributed by atoms with Gasteiger partial charge in [-0.3, -0.25) is 9.59 Å². The minimum absolute atomic E-state index is 0.143. The third-order valence-corrected chi connectivity index (χ3v) is 5.08. The molecule has 3 rings (SSSR count). The van der Waals surface area contributed by atoms with Gasteiger partial charge in [-0.25, -0.2) is 0 Å². The predicted molar refractivity (Wildman–Crippen MR) is 110 cm³/mol. The van der Waals surface area contributed by atoms with Gasteiger partial charge < -0.3 is 24.0 Å². The van der Waals surface area contributed by atoms with Crippen molar-refractivity contribution in [3.63, 3.8) is 0 Å². The van der Waals surface area contributed by atoms with Gasteiger partial charge >= 0.3 is 0 Å². The third kappa shape index (κ3) is 4.56. The van der Waals surface area contributed by atoms with Crippen LogP contribution in [0.25, 0.3) is 0 Å². The summed E-state index contributed by atoms with van der Waals surface area (Å²) in [7, 11) is 3.10. The number of nitrogens with zero attached hydrogens (tertiary/aromatic N) is 2. The van der Waals surface area contributed by atoms with E-state index in [-0.39, 0.29) is 18.4 Å². The van der Waals surface area contributed by atoms with E-state index in [0.29, 0.717) is 41.0 Å². The Hall–Kier alpha value is -2.93. The van der Waals surface area contributed by atoms with Gasteiger partial charge in [0, 0.05) is 29.9 Å². The Morgan fingerprint density at radius 2 is 1.76 bits per heavy atom. The van der Waals surface area contributed by atoms with Gasteiger partial charge in [-0.05, 0) is 43.3 Å². The lowest BCUT2D eigenvalue weighted by molar-refractivity contribution is -0.142. The Morgan fingerprint density at radius 1 is 1.07 bits per heavy atom. The molecular weight excluding hydrogens is 396 g/mol. The smallest absolute Gasteiger partial charge is 0.261 e. The Bertz CT molecular complexity index is 887. The summed E-state index contributed by atoms with van der Waals surface area (Å²) in [6, 6.07) is 11.5. The second-order valence-corrected chi connectivity index (χ2v) is 6.97. The van der Waals surface area contributed by atoms with Crippen LogP contribution in [0.2, 0.25) is 5.02 Å². The van der Waals surface area contributed by atoms with Crippen molar-refractivity contribution >= 4 is 29.1 Å². The summed E-state index contributed by atoms with van der Waals surface area (Å²) in [6.45, 7) is 2.36. The maximum Gasteiger partial charge on any atom is 0.261 e. The average molecular weight is 419 g/mol. The lowest BCUT2D eigenvalue weighted by Gasteiger charge is -2.39. The molecule has 7 nitrogen and oxygen atoms in total. The van der Waals surface area contributed by atoms with Crippen LogP contribution in [0.1, 0.15) is 6.92 Å². The zero-order valence-electron chi connectivity index (χ0n) is 16.6. The number of methoxy groups -OCH3 is 2. The number of amides is 2. The highest BCUT2D eigenvalue weighted by Gasteiger charge is 2.35. The number of hydrogen-bond donors (Lipinski definition) is 0. The molecular formula is C21H23ClN2O5. The average Bonchev–Trinajstić information content (AvgIpc) is 2.74. The predicted octanol–water partition coefficient (Wildman–Crippen LogP) is 3.00. The second kappa shape index (κ2) is 9.05. The van der Waals surface area contributed by atoms with Crippen LogP contribution in [-0.4, -0.2) is 56.7 Å². The molecule has 1 saturated heterocycles. The SMILES string of the molecule is COc1ccc(N2CCN(C(=O)COc3ccc(Cl)cc3)[C@H](C)C2=O)cc1OC. The molecule has 0 unspecified atom stereocenters. The van der Waals surface area contributed by atoms with Gasteiger partial charge in [0.15, 0.2) is 18.1 Å². The molecule has 2 aromatic rings. The normalized spacial score (nSPS) is 16.6. The second-order valence-electron chi connectivity index (χ2n) is 6.53. The van der Waals surface area contributed by atoms with E-state index in [2.05, 4.69) is 0 Å². The van der Waals surface area contributed by atoms with Crippen LogP contribution in [0.15, 0.2) is 42.5 Å². The molecule has 1 heterocycles. The minimum atomic E-state index is -0.599. The zero-order chi connectivity index (χ0) is 21.0. The summed E-state index contributed by atoms with van der Waals surface area (Å²) < 4.78 is 16.1. The molecule has 0 bridgehead atoms. The van der Waals surface area contributed by atoms with Crippen LogP contribution in [0.3, 0.4) is 0 Å². The van der Waals surface area contributed by atoms with Gasteiger partial charge in [0.2, 0.25) is 5.91 Å². The fourth-order valence-corrected chi connectivity index (χ4v) is 3.35. The minimum Gasteiger partial charge on any atom is -0.493 e. The largest absolute Gasteiger partial charge is 0.493 e. The van der Waals surface area contributed by atoms with Gasteiger partial charge in [-0.2, -0.15) is 0 Å². The molecule has 0 spiro atoms. The molecule has 1 fully saturated rings. The first-order valence-corrected chi connectivity index (χ1v) is 9.53. The Morgan fingerprint density at radius 3 is 2.41 bits per heavy atom. The van der Waals surface area contributed by atoms with Crippen molar-refractivity contribution < 1.29 is 23.8 Å². The fourth-order valence-electron chi connectivity index (χ4n) is 3.22. The van der Waals surface area contributed by atoms with Gasteiger partial charge in [-0.15, -0.1) is 0 Å². The van der Waals surface area contributed by atoms with E-state index in [4.69, 9.17) is 25.8 Å². The summed E-state index contributed by atoms with van der Waals surface area (Å²) in [4.78, 5) is 28.7. The highest BCUT2D eigenvalue weighted by molar-refractivity contribution is 6.30. The van der Waals surface area contributed by atoms with Crippen LogP contribution in [0.5, 0.6) is 17.2 Å². The molecule has 0 aromatic heterocycles. The van der Waals surface area contributed by atoms with E-state index in [1.165, 1.54) is 4.90 Å². The van der Waals surface area contributed by atoms with E-state index < -0.39 is 6.04 Å². The number of benzene rings is 2. The number of halogens is 1. The van der Waals surface area contributed by atoms with Gasteiger partial charge in [0.05, 0.1) is 14.2 Å². The first kappa shape index (κ1) is 20.8. The van der Waals surface area contributed by atoms with Crippen molar-refractivity contribution in [2.45, 2.75) is 13.0 Å². The Kier molecular flexibility index (Phi) is 6.49. The Labute approximate surface area is 174 Å². The molecule has 154 valence electrons. The number of carbonyl (C=O) groups excluding carboxylic acids is 2. The number of piperazine rings is 1. The fraction of sp³-hybridized carbons (Fsp3) is 0.333. The molecule has 2 amide bonds. The highest BCUT2D eigenvalue weighted by Crippen LogP contribution is 2.32. The van der Waals surface area contributed by atoms with Crippen LogP contribution >= 0.6 is 11.6 Å². The van der Waals surface area contributed by atoms with Crippen molar-refractivity contribution in [3.05, 3.63) is 47.5 Å². The van der Waals surface area contributed by atoms with Crippen LogP contribution in [-0.2, 0) is 9.59 Å². The van der Waals surface area contributed by atoms with Crippen LogP contribution < -0.4 is 19.1 Å². The molecule has 29 heavy (non-hydrogen) atoms. The lowest BCUT2D eigenvalue weighted by Crippen LogP contribution is -2.58. The van der Waals surface area contributed by atoms with Crippen molar-refractivity contribution in [2.24, 2.45) is 0 Å². The molecule has 1 aliphatic rings. The van der Waals surface area contributed by atoms with Crippen molar-refractivity contribution in [3.8, 4) is 17.2 Å². The summed E-state index contributed by atoms with van der Waals surface area (Å²) in [5.41, 5.74) is 0.698. The van der Waals surface area contributed by atoms with E-state index >= 15 is 0 Å².